The second-order valence-electron chi connectivity index (χ2n) is 10.1. The van der Waals surface area contributed by atoms with Crippen LogP contribution in [0.5, 0.6) is 0 Å². The van der Waals surface area contributed by atoms with E-state index in [1.807, 2.05) is 0 Å². The third-order valence-electron chi connectivity index (χ3n) is 6.23. The van der Waals surface area contributed by atoms with Crippen molar-refractivity contribution >= 4 is 51.3 Å². The third kappa shape index (κ3) is 22.0. The monoisotopic (exact) mass is 732 g/mol. The van der Waals surface area contributed by atoms with Crippen molar-refractivity contribution < 1.29 is 47.7 Å². The zero-order valence-corrected chi connectivity index (χ0v) is 28.5. The fourth-order valence-corrected chi connectivity index (χ4v) is 3.94. The molecule has 0 aliphatic rings. The van der Waals surface area contributed by atoms with Crippen LogP contribution in [-0.2, 0) is 49.5 Å². The van der Waals surface area contributed by atoms with Crippen LogP contribution in [0.4, 0.5) is 10.5 Å². The lowest BCUT2D eigenvalue weighted by Crippen LogP contribution is -2.51. The average molecular weight is 734 g/mol. The minimum atomic E-state index is -0.886. The normalized spacial score (nSPS) is 12.1. The fourth-order valence-electron chi connectivity index (χ4n) is 3.74. The lowest BCUT2D eigenvalue weighted by atomic mass is 10.1. The Morgan fingerprint density at radius 2 is 1.38 bits per heavy atom. The van der Waals surface area contributed by atoms with Gasteiger partial charge >= 0.3 is 6.09 Å². The molecule has 266 valence electrons. The maximum Gasteiger partial charge on any atom is 0.404 e. The number of benzene rings is 1. The van der Waals surface area contributed by atoms with E-state index in [9.17, 15) is 24.0 Å². The smallest absolute Gasteiger partial charge is 0.404 e. The van der Waals surface area contributed by atoms with Gasteiger partial charge in [0, 0.05) is 18.7 Å². The van der Waals surface area contributed by atoms with Crippen LogP contribution in [0, 0.1) is 0 Å². The second-order valence-corrected chi connectivity index (χ2v) is 10.7. The van der Waals surface area contributed by atoms with E-state index in [2.05, 4.69) is 37.2 Å². The number of primary amides is 1. The fraction of sp³-hybridized carbons (Fsp3) is 0.633. The van der Waals surface area contributed by atoms with E-state index in [0.717, 1.165) is 0 Å². The molecular formula is C30H49BrN6O10. The molecular weight excluding hydrogens is 684 g/mol. The molecule has 0 aliphatic carbocycles. The molecule has 0 heterocycles. The number of rotatable bonds is 27. The van der Waals surface area contributed by atoms with E-state index in [4.69, 9.17) is 35.2 Å². The quantitative estimate of drug-likeness (QED) is 0.0532. The Labute approximate surface area is 283 Å². The number of nitrogens with one attached hydrogen (secondary N) is 4. The van der Waals surface area contributed by atoms with Crippen LogP contribution in [0.2, 0.25) is 0 Å². The summed E-state index contributed by atoms with van der Waals surface area (Å²) < 4.78 is 26.3. The molecule has 0 aliphatic heterocycles. The van der Waals surface area contributed by atoms with Gasteiger partial charge in [-0.1, -0.05) is 28.1 Å². The first kappa shape index (κ1) is 41.7. The molecule has 1 rings (SSSR count). The Morgan fingerprint density at radius 1 is 0.787 bits per heavy atom. The molecule has 17 heteroatoms. The minimum absolute atomic E-state index is 0.00311. The van der Waals surface area contributed by atoms with Gasteiger partial charge in [-0.05, 0) is 50.4 Å². The summed E-state index contributed by atoms with van der Waals surface area (Å²) >= 11 is 3.06. The summed E-state index contributed by atoms with van der Waals surface area (Å²) in [6.07, 6.45) is 0.806. The number of ether oxygens (including phenoxy) is 5. The summed E-state index contributed by atoms with van der Waals surface area (Å²) in [5.41, 5.74) is 11.7. The van der Waals surface area contributed by atoms with Gasteiger partial charge in [-0.2, -0.15) is 0 Å². The Bertz CT molecular complexity index is 1070. The van der Waals surface area contributed by atoms with Gasteiger partial charge in [0.15, 0.2) is 0 Å². The van der Waals surface area contributed by atoms with Crippen LogP contribution in [0.25, 0.3) is 0 Å². The lowest BCUT2D eigenvalue weighted by Gasteiger charge is -2.21. The Morgan fingerprint density at radius 3 is 1.96 bits per heavy atom. The minimum Gasteiger partial charge on any atom is -0.445 e. The van der Waals surface area contributed by atoms with Gasteiger partial charge in [0.1, 0.15) is 18.7 Å². The van der Waals surface area contributed by atoms with Gasteiger partial charge in [-0.15, -0.1) is 0 Å². The molecule has 1 aromatic rings. The number of amides is 5. The highest BCUT2D eigenvalue weighted by molar-refractivity contribution is 9.09. The molecule has 1 aromatic carbocycles. The maximum atomic E-state index is 13.0. The number of carbonyl (C=O) groups excluding carboxylic acids is 5. The number of carbonyl (C=O) groups is 5. The van der Waals surface area contributed by atoms with Crippen molar-refractivity contribution in [2.24, 2.45) is 11.5 Å². The molecule has 0 aromatic heterocycles. The summed E-state index contributed by atoms with van der Waals surface area (Å²) in [5.74, 6) is -1.40. The first-order valence-corrected chi connectivity index (χ1v) is 16.5. The van der Waals surface area contributed by atoms with Gasteiger partial charge in [-0.3, -0.25) is 19.2 Å². The van der Waals surface area contributed by atoms with Crippen LogP contribution in [0.1, 0.15) is 38.2 Å². The number of halogens is 1. The molecule has 0 spiro atoms. The van der Waals surface area contributed by atoms with E-state index in [1.165, 1.54) is 6.92 Å². The summed E-state index contributed by atoms with van der Waals surface area (Å²) in [4.78, 5) is 60.0. The molecule has 8 N–H and O–H groups in total. The topological polar surface area (TPSA) is 232 Å². The van der Waals surface area contributed by atoms with E-state index in [1.54, 1.807) is 24.3 Å². The molecule has 0 fully saturated rings. The molecule has 0 radical (unpaired) electrons. The van der Waals surface area contributed by atoms with Gasteiger partial charge < -0.3 is 56.4 Å². The van der Waals surface area contributed by atoms with Crippen molar-refractivity contribution in [3.8, 4) is 0 Å². The van der Waals surface area contributed by atoms with Crippen LogP contribution >= 0.6 is 15.9 Å². The summed E-state index contributed by atoms with van der Waals surface area (Å²) in [5, 5.41) is 11.0. The van der Waals surface area contributed by atoms with Crippen LogP contribution in [0.15, 0.2) is 24.3 Å². The molecule has 47 heavy (non-hydrogen) atoms. The predicted molar refractivity (Wildman–Crippen MR) is 177 cm³/mol. The highest BCUT2D eigenvalue weighted by Gasteiger charge is 2.24. The first-order chi connectivity index (χ1) is 22.7. The highest BCUT2D eigenvalue weighted by atomic mass is 79.9. The summed E-state index contributed by atoms with van der Waals surface area (Å²) in [7, 11) is 0. The molecule has 0 saturated heterocycles. The first-order valence-electron chi connectivity index (χ1n) is 15.4. The van der Waals surface area contributed by atoms with Gasteiger partial charge in [-0.25, -0.2) is 4.79 Å². The van der Waals surface area contributed by atoms with E-state index >= 15 is 0 Å². The van der Waals surface area contributed by atoms with Crippen molar-refractivity contribution in [1.29, 1.82) is 0 Å². The van der Waals surface area contributed by atoms with E-state index in [0.29, 0.717) is 83.2 Å². The van der Waals surface area contributed by atoms with Crippen LogP contribution in [-0.4, -0.2) is 113 Å². The summed E-state index contributed by atoms with van der Waals surface area (Å²) in [6.45, 7) is 5.19. The van der Waals surface area contributed by atoms with Crippen molar-refractivity contribution in [3.63, 3.8) is 0 Å². The van der Waals surface area contributed by atoms with Crippen molar-refractivity contribution in [1.82, 2.24) is 16.0 Å². The predicted octanol–water partition coefficient (Wildman–Crippen LogP) is 0.307. The molecule has 0 bridgehead atoms. The number of hydrogen-bond acceptors (Lipinski definition) is 11. The van der Waals surface area contributed by atoms with E-state index in [-0.39, 0.29) is 43.4 Å². The third-order valence-corrected chi connectivity index (χ3v) is 6.74. The number of nitrogens with two attached hydrogens (primary N) is 2. The number of hydrogen-bond donors (Lipinski definition) is 6. The average Bonchev–Trinajstić information content (AvgIpc) is 3.05. The standard InChI is InChI=1S/C30H49BrN6O10/c1-22(35-26(38)9-12-43-14-16-45-18-19-46-17-15-44-13-11-34-27(39)20-31)28(40)37-25(4-2-3-10-32)29(41)36-24-7-5-23(6-8-24)21-47-30(33)42/h5-8,22,25H,2-4,9-21,32H2,1H3,(H2,33,42)(H,34,39)(H,35,38)(H,36,41)(H,37,40)/t22-,25-/m0/s1. The van der Waals surface area contributed by atoms with Crippen molar-refractivity contribution in [3.05, 3.63) is 29.8 Å². The molecule has 2 atom stereocenters. The van der Waals surface area contributed by atoms with Gasteiger partial charge in [0.25, 0.3) is 0 Å². The molecule has 16 nitrogen and oxygen atoms in total. The number of alkyl halides is 1. The summed E-state index contributed by atoms with van der Waals surface area (Å²) in [6, 6.07) is 4.89. The zero-order chi connectivity index (χ0) is 34.7. The van der Waals surface area contributed by atoms with Gasteiger partial charge in [0.2, 0.25) is 23.6 Å². The molecule has 5 amide bonds. The Hall–Kier alpha value is -3.35. The molecule has 0 unspecified atom stereocenters. The van der Waals surface area contributed by atoms with Crippen LogP contribution in [0.3, 0.4) is 0 Å². The number of anilines is 1. The zero-order valence-electron chi connectivity index (χ0n) is 26.9. The largest absolute Gasteiger partial charge is 0.445 e. The lowest BCUT2D eigenvalue weighted by molar-refractivity contribution is -0.131. The Kier molecular flexibility index (Phi) is 23.7. The highest BCUT2D eigenvalue weighted by Crippen LogP contribution is 2.12. The molecule has 0 saturated carbocycles. The van der Waals surface area contributed by atoms with Crippen LogP contribution < -0.4 is 32.7 Å². The SMILES string of the molecule is C[C@H](NC(=O)CCOCCOCCOCCOCCNC(=O)CBr)C(=O)N[C@@H](CCCCN)C(=O)Nc1ccc(COC(N)=O)cc1. The van der Waals surface area contributed by atoms with Crippen molar-refractivity contribution in [2.75, 3.05) is 76.6 Å². The van der Waals surface area contributed by atoms with Gasteiger partial charge in [0.05, 0.1) is 58.2 Å². The second kappa shape index (κ2) is 26.7. The Balaban J connectivity index is 2.25. The number of unbranched alkanes of at least 4 members (excludes halogenated alkanes) is 1. The van der Waals surface area contributed by atoms with Crippen molar-refractivity contribution in [2.45, 2.75) is 51.3 Å². The van der Waals surface area contributed by atoms with E-state index < -0.39 is 30.0 Å². The maximum absolute atomic E-state index is 13.0.